The quantitative estimate of drug-likeness (QED) is 0.806. The summed E-state index contributed by atoms with van der Waals surface area (Å²) in [4.78, 5) is 17.0. The van der Waals surface area contributed by atoms with Crippen LogP contribution in [-0.4, -0.2) is 52.5 Å². The van der Waals surface area contributed by atoms with Crippen molar-refractivity contribution in [3.05, 3.63) is 59.7 Å². The molecule has 0 atom stereocenters. The van der Waals surface area contributed by atoms with Gasteiger partial charge in [-0.3, -0.25) is 4.79 Å². The molecule has 0 aliphatic carbocycles. The Kier molecular flexibility index (Phi) is 6.36. The number of sulfonamides is 1. The number of hydrogen-bond acceptors (Lipinski definition) is 4. The smallest absolute Gasteiger partial charge is 0.240 e. The maximum atomic E-state index is 12.5. The van der Waals surface area contributed by atoms with Crippen LogP contribution < -0.4 is 9.62 Å². The van der Waals surface area contributed by atoms with Crippen molar-refractivity contribution in [2.45, 2.75) is 24.7 Å². The topological polar surface area (TPSA) is 69.7 Å². The molecule has 3 rings (SSSR count). The van der Waals surface area contributed by atoms with Gasteiger partial charge in [0.2, 0.25) is 15.9 Å². The Bertz CT molecular complexity index is 918. The summed E-state index contributed by atoms with van der Waals surface area (Å²) < 4.78 is 25.8. The van der Waals surface area contributed by atoms with E-state index in [1.165, 1.54) is 18.3 Å². The summed E-state index contributed by atoms with van der Waals surface area (Å²) in [6.45, 7) is 5.22. The third-order valence-corrected chi connectivity index (χ3v) is 6.56. The van der Waals surface area contributed by atoms with Crippen LogP contribution in [0.3, 0.4) is 0 Å². The van der Waals surface area contributed by atoms with E-state index >= 15 is 0 Å². The molecular formula is C21H27N3O3S. The number of aryl methyl sites for hydroxylation is 2. The molecule has 2 aromatic rings. The van der Waals surface area contributed by atoms with E-state index in [0.29, 0.717) is 12.8 Å². The molecule has 150 valence electrons. The van der Waals surface area contributed by atoms with Crippen LogP contribution in [0.25, 0.3) is 0 Å². The highest BCUT2D eigenvalue weighted by molar-refractivity contribution is 7.89. The van der Waals surface area contributed by atoms with Crippen LogP contribution >= 0.6 is 0 Å². The Balaban J connectivity index is 1.50. The average molecular weight is 402 g/mol. The first-order chi connectivity index (χ1) is 13.4. The molecule has 2 aromatic carbocycles. The van der Waals surface area contributed by atoms with Gasteiger partial charge in [-0.1, -0.05) is 24.3 Å². The van der Waals surface area contributed by atoms with Crippen LogP contribution in [0.4, 0.5) is 5.69 Å². The van der Waals surface area contributed by atoms with Crippen molar-refractivity contribution in [2.75, 3.05) is 38.1 Å². The highest BCUT2D eigenvalue weighted by Gasteiger charge is 2.21. The zero-order valence-corrected chi connectivity index (χ0v) is 17.2. The number of carbonyl (C=O) groups excluding carboxylic acids is 1. The molecule has 7 heteroatoms. The first-order valence-corrected chi connectivity index (χ1v) is 11.0. The normalized spacial score (nSPS) is 14.9. The van der Waals surface area contributed by atoms with Crippen LogP contribution in [0.2, 0.25) is 0 Å². The fourth-order valence-corrected chi connectivity index (χ4v) is 4.13. The number of hydrogen-bond donors (Lipinski definition) is 1. The van der Waals surface area contributed by atoms with E-state index in [0.717, 1.165) is 31.7 Å². The van der Waals surface area contributed by atoms with Crippen molar-refractivity contribution < 1.29 is 13.2 Å². The lowest BCUT2D eigenvalue weighted by Gasteiger charge is -2.36. The van der Waals surface area contributed by atoms with Gasteiger partial charge in [0.25, 0.3) is 0 Å². The number of nitrogens with one attached hydrogen (secondary N) is 1. The summed E-state index contributed by atoms with van der Waals surface area (Å²) in [6, 6.07) is 15.1. The maximum Gasteiger partial charge on any atom is 0.240 e. The SMILES string of the molecule is CNS(=O)(=O)c1ccc(CCC(=O)N2CCN(c3cccc(C)c3)CC2)cc1. The standard InChI is InChI=1S/C21H27N3O3S/c1-17-4-3-5-19(16-17)23-12-14-24(15-13-23)21(25)11-8-18-6-9-20(10-7-18)28(26,27)22-2/h3-7,9-10,16,22H,8,11-15H2,1-2H3. The minimum atomic E-state index is -3.42. The second-order valence-corrected chi connectivity index (χ2v) is 8.94. The summed E-state index contributed by atoms with van der Waals surface area (Å²) in [5.41, 5.74) is 3.41. The Morgan fingerprint density at radius 3 is 2.32 bits per heavy atom. The first-order valence-electron chi connectivity index (χ1n) is 9.51. The van der Waals surface area contributed by atoms with Crippen LogP contribution in [0.1, 0.15) is 17.5 Å². The van der Waals surface area contributed by atoms with Crippen molar-refractivity contribution in [1.29, 1.82) is 0 Å². The van der Waals surface area contributed by atoms with Crippen molar-refractivity contribution in [2.24, 2.45) is 0 Å². The minimum Gasteiger partial charge on any atom is -0.368 e. The summed E-state index contributed by atoms with van der Waals surface area (Å²) >= 11 is 0. The predicted octanol–water partition coefficient (Wildman–Crippen LogP) is 2.18. The Morgan fingerprint density at radius 2 is 1.71 bits per heavy atom. The molecule has 1 amide bonds. The third kappa shape index (κ3) is 4.91. The van der Waals surface area contributed by atoms with Gasteiger partial charge >= 0.3 is 0 Å². The van der Waals surface area contributed by atoms with E-state index in [1.54, 1.807) is 24.3 Å². The molecule has 0 bridgehead atoms. The van der Waals surface area contributed by atoms with Crippen LogP contribution in [-0.2, 0) is 21.2 Å². The maximum absolute atomic E-state index is 12.5. The molecule has 1 aliphatic heterocycles. The molecule has 1 aliphatic rings. The number of carbonyl (C=O) groups is 1. The molecule has 1 N–H and O–H groups in total. The van der Waals surface area contributed by atoms with Crippen molar-refractivity contribution >= 4 is 21.6 Å². The molecule has 0 radical (unpaired) electrons. The van der Waals surface area contributed by atoms with Gasteiger partial charge in [0, 0.05) is 38.3 Å². The van der Waals surface area contributed by atoms with Crippen LogP contribution in [0.5, 0.6) is 0 Å². The summed E-state index contributed by atoms with van der Waals surface area (Å²) in [7, 11) is -2.03. The van der Waals surface area contributed by atoms with Gasteiger partial charge in [-0.2, -0.15) is 0 Å². The van der Waals surface area contributed by atoms with Crippen LogP contribution in [0, 0.1) is 6.92 Å². The van der Waals surface area contributed by atoms with E-state index in [1.807, 2.05) is 4.90 Å². The number of nitrogens with zero attached hydrogens (tertiary/aromatic N) is 2. The Hall–Kier alpha value is -2.38. The lowest BCUT2D eigenvalue weighted by atomic mass is 10.1. The number of amides is 1. The average Bonchev–Trinajstić information content (AvgIpc) is 2.72. The fraction of sp³-hybridized carbons (Fsp3) is 0.381. The molecule has 28 heavy (non-hydrogen) atoms. The number of piperazine rings is 1. The molecule has 1 saturated heterocycles. The monoisotopic (exact) mass is 401 g/mol. The van der Waals surface area contributed by atoms with E-state index < -0.39 is 10.0 Å². The van der Waals surface area contributed by atoms with Gasteiger partial charge in [0.15, 0.2) is 0 Å². The van der Waals surface area contributed by atoms with Gasteiger partial charge in [0.05, 0.1) is 4.90 Å². The molecule has 1 fully saturated rings. The lowest BCUT2D eigenvalue weighted by Crippen LogP contribution is -2.48. The highest BCUT2D eigenvalue weighted by atomic mass is 32.2. The van der Waals surface area contributed by atoms with Gasteiger partial charge in [-0.05, 0) is 55.8 Å². The first kappa shape index (κ1) is 20.4. The Labute approximate surface area is 167 Å². The van der Waals surface area contributed by atoms with Crippen LogP contribution in [0.15, 0.2) is 53.4 Å². The number of anilines is 1. The molecule has 0 unspecified atom stereocenters. The molecule has 0 saturated carbocycles. The van der Waals surface area contributed by atoms with Crippen molar-refractivity contribution in [3.63, 3.8) is 0 Å². The fourth-order valence-electron chi connectivity index (χ4n) is 3.40. The number of benzene rings is 2. The molecule has 6 nitrogen and oxygen atoms in total. The van der Waals surface area contributed by atoms with Gasteiger partial charge < -0.3 is 9.80 Å². The minimum absolute atomic E-state index is 0.149. The van der Waals surface area contributed by atoms with E-state index in [-0.39, 0.29) is 10.8 Å². The second kappa shape index (κ2) is 8.75. The second-order valence-electron chi connectivity index (χ2n) is 7.06. The van der Waals surface area contributed by atoms with Crippen molar-refractivity contribution in [3.8, 4) is 0 Å². The molecular weight excluding hydrogens is 374 g/mol. The lowest BCUT2D eigenvalue weighted by molar-refractivity contribution is -0.131. The summed E-state index contributed by atoms with van der Waals surface area (Å²) in [5, 5.41) is 0. The van der Waals surface area contributed by atoms with Crippen molar-refractivity contribution in [1.82, 2.24) is 9.62 Å². The zero-order chi connectivity index (χ0) is 20.1. The summed E-state index contributed by atoms with van der Waals surface area (Å²) in [6.07, 6.45) is 1.04. The molecule has 0 aromatic heterocycles. The summed E-state index contributed by atoms with van der Waals surface area (Å²) in [5.74, 6) is 0.149. The van der Waals surface area contributed by atoms with E-state index in [2.05, 4.69) is 40.8 Å². The highest BCUT2D eigenvalue weighted by Crippen LogP contribution is 2.18. The molecule has 1 heterocycles. The van der Waals surface area contributed by atoms with Gasteiger partial charge in [-0.15, -0.1) is 0 Å². The number of rotatable bonds is 6. The zero-order valence-electron chi connectivity index (χ0n) is 16.4. The largest absolute Gasteiger partial charge is 0.368 e. The third-order valence-electron chi connectivity index (χ3n) is 5.13. The predicted molar refractivity (Wildman–Crippen MR) is 111 cm³/mol. The van der Waals surface area contributed by atoms with Gasteiger partial charge in [0.1, 0.15) is 0 Å². The molecule has 0 spiro atoms. The van der Waals surface area contributed by atoms with Gasteiger partial charge in [-0.25, -0.2) is 13.1 Å². The Morgan fingerprint density at radius 1 is 1.04 bits per heavy atom. The van der Waals surface area contributed by atoms with E-state index in [4.69, 9.17) is 0 Å². The van der Waals surface area contributed by atoms with E-state index in [9.17, 15) is 13.2 Å².